The predicted molar refractivity (Wildman–Crippen MR) is 86.1 cm³/mol. The van der Waals surface area contributed by atoms with Gasteiger partial charge in [0.05, 0.1) is 0 Å². The molecule has 0 radical (unpaired) electrons. The molecule has 0 aromatic carbocycles. The molecule has 1 aromatic heterocycles. The van der Waals surface area contributed by atoms with Crippen molar-refractivity contribution in [3.63, 3.8) is 0 Å². The van der Waals surface area contributed by atoms with Gasteiger partial charge >= 0.3 is 0 Å². The molecule has 2 heterocycles. The highest BCUT2D eigenvalue weighted by molar-refractivity contribution is 5.42. The lowest BCUT2D eigenvalue weighted by atomic mass is 9.83. The summed E-state index contributed by atoms with van der Waals surface area (Å²) in [5, 5.41) is 3.24. The third kappa shape index (κ3) is 3.40. The molecule has 0 amide bonds. The first-order valence-electron chi connectivity index (χ1n) is 7.49. The van der Waals surface area contributed by atoms with Gasteiger partial charge in [0.25, 0.3) is 0 Å². The van der Waals surface area contributed by atoms with Crippen LogP contribution in [0.15, 0.2) is 30.0 Å². The Morgan fingerprint density at radius 1 is 1.30 bits per heavy atom. The van der Waals surface area contributed by atoms with Crippen molar-refractivity contribution in [2.24, 2.45) is 5.41 Å². The second-order valence-electron chi connectivity index (χ2n) is 6.64. The summed E-state index contributed by atoms with van der Waals surface area (Å²) >= 11 is 0. The van der Waals surface area contributed by atoms with E-state index in [-0.39, 0.29) is 0 Å². The largest absolute Gasteiger partial charge is 0.353 e. The fraction of sp³-hybridized carbons (Fsp3) is 0.588. The van der Waals surface area contributed by atoms with E-state index < -0.39 is 0 Å². The van der Waals surface area contributed by atoms with Crippen molar-refractivity contribution in [1.82, 2.24) is 10.3 Å². The van der Waals surface area contributed by atoms with Crippen molar-refractivity contribution in [3.05, 3.63) is 35.5 Å². The summed E-state index contributed by atoms with van der Waals surface area (Å²) < 4.78 is 0. The van der Waals surface area contributed by atoms with Crippen LogP contribution in [-0.4, -0.2) is 25.1 Å². The summed E-state index contributed by atoms with van der Waals surface area (Å²) in [5.74, 6) is 1.08. The van der Waals surface area contributed by atoms with Gasteiger partial charge in [-0.3, -0.25) is 0 Å². The minimum atomic E-state index is 0.297. The third-order valence-electron chi connectivity index (χ3n) is 4.20. The van der Waals surface area contributed by atoms with Gasteiger partial charge in [-0.15, -0.1) is 0 Å². The molecule has 1 unspecified atom stereocenters. The molecule has 1 aromatic rings. The molecule has 3 nitrogen and oxygen atoms in total. The van der Waals surface area contributed by atoms with E-state index in [0.717, 1.165) is 25.3 Å². The maximum absolute atomic E-state index is 4.62. The first kappa shape index (κ1) is 15.0. The molecule has 110 valence electrons. The Bertz CT molecular complexity index is 468. The smallest absolute Gasteiger partial charge is 0.128 e. The number of hydrogen-bond acceptors (Lipinski definition) is 3. The molecule has 2 rings (SSSR count). The zero-order valence-electron chi connectivity index (χ0n) is 13.4. The van der Waals surface area contributed by atoms with E-state index in [4.69, 9.17) is 0 Å². The fourth-order valence-electron chi connectivity index (χ4n) is 2.57. The van der Waals surface area contributed by atoms with Crippen LogP contribution in [0.4, 0.5) is 5.82 Å². The Hall–Kier alpha value is -1.35. The van der Waals surface area contributed by atoms with Crippen LogP contribution in [0.1, 0.15) is 45.7 Å². The van der Waals surface area contributed by atoms with Gasteiger partial charge in [-0.05, 0) is 37.4 Å². The minimum Gasteiger partial charge on any atom is -0.353 e. The molecule has 0 fully saturated rings. The monoisotopic (exact) mass is 273 g/mol. The van der Waals surface area contributed by atoms with Crippen molar-refractivity contribution >= 4 is 5.82 Å². The van der Waals surface area contributed by atoms with Crippen molar-refractivity contribution in [3.8, 4) is 0 Å². The van der Waals surface area contributed by atoms with E-state index >= 15 is 0 Å². The summed E-state index contributed by atoms with van der Waals surface area (Å²) in [6, 6.07) is 4.66. The summed E-state index contributed by atoms with van der Waals surface area (Å²) in [6.45, 7) is 11.1. The molecule has 0 spiro atoms. The number of nitrogens with one attached hydrogen (secondary N) is 1. The van der Waals surface area contributed by atoms with Gasteiger partial charge in [-0.1, -0.05) is 38.5 Å². The van der Waals surface area contributed by atoms with E-state index in [9.17, 15) is 0 Å². The maximum atomic E-state index is 4.62. The molecule has 1 aliphatic rings. The number of aromatic nitrogens is 1. The van der Waals surface area contributed by atoms with Gasteiger partial charge in [0.15, 0.2) is 0 Å². The third-order valence-corrected chi connectivity index (χ3v) is 4.20. The van der Waals surface area contributed by atoms with Crippen LogP contribution < -0.4 is 10.2 Å². The quantitative estimate of drug-likeness (QED) is 0.854. The van der Waals surface area contributed by atoms with Gasteiger partial charge < -0.3 is 10.2 Å². The van der Waals surface area contributed by atoms with E-state index in [0.29, 0.717) is 11.5 Å². The van der Waals surface area contributed by atoms with Crippen LogP contribution in [0.25, 0.3) is 0 Å². The summed E-state index contributed by atoms with van der Waals surface area (Å²) in [6.07, 6.45) is 5.49. The number of pyridine rings is 1. The molecular weight excluding hydrogens is 246 g/mol. The van der Waals surface area contributed by atoms with Gasteiger partial charge in [-0.2, -0.15) is 0 Å². The molecule has 0 aliphatic carbocycles. The van der Waals surface area contributed by atoms with Crippen molar-refractivity contribution in [1.29, 1.82) is 0 Å². The standard InChI is InChI=1S/C17H27N3/c1-13(18-5)14-6-7-16(19-12-14)20-10-8-15(9-11-20)17(2,3)4/h6-8,12-13,18H,9-11H2,1-5H3. The SMILES string of the molecule is CNC(C)c1ccc(N2CC=C(C(C)(C)C)CC2)nc1. The average Bonchev–Trinajstić information content (AvgIpc) is 2.46. The van der Waals surface area contributed by atoms with Crippen LogP contribution in [-0.2, 0) is 0 Å². The molecule has 1 N–H and O–H groups in total. The molecular formula is C17H27N3. The summed E-state index contributed by atoms with van der Waals surface area (Å²) in [4.78, 5) is 6.97. The lowest BCUT2D eigenvalue weighted by molar-refractivity contribution is 0.472. The average molecular weight is 273 g/mol. The lowest BCUT2D eigenvalue weighted by Gasteiger charge is -2.32. The van der Waals surface area contributed by atoms with Crippen molar-refractivity contribution in [2.45, 2.75) is 40.2 Å². The van der Waals surface area contributed by atoms with E-state index in [1.165, 1.54) is 5.56 Å². The Morgan fingerprint density at radius 2 is 2.05 bits per heavy atom. The number of nitrogens with zero attached hydrogens (tertiary/aromatic N) is 2. The molecule has 20 heavy (non-hydrogen) atoms. The second kappa shape index (κ2) is 5.96. The van der Waals surface area contributed by atoms with Gasteiger partial charge in [0, 0.05) is 25.3 Å². The van der Waals surface area contributed by atoms with Crippen molar-refractivity contribution < 1.29 is 0 Å². The molecule has 0 saturated heterocycles. The van der Waals surface area contributed by atoms with Crippen LogP contribution in [0.2, 0.25) is 0 Å². The molecule has 0 saturated carbocycles. The van der Waals surface area contributed by atoms with E-state index in [1.54, 1.807) is 5.57 Å². The highest BCUT2D eigenvalue weighted by Crippen LogP contribution is 2.31. The van der Waals surface area contributed by atoms with E-state index in [1.807, 2.05) is 13.2 Å². The highest BCUT2D eigenvalue weighted by atomic mass is 15.2. The molecule has 3 heteroatoms. The van der Waals surface area contributed by atoms with Gasteiger partial charge in [0.2, 0.25) is 0 Å². The number of anilines is 1. The minimum absolute atomic E-state index is 0.297. The molecule has 1 aliphatic heterocycles. The maximum Gasteiger partial charge on any atom is 0.128 e. The Balaban J connectivity index is 2.06. The zero-order chi connectivity index (χ0) is 14.8. The van der Waals surface area contributed by atoms with Gasteiger partial charge in [-0.25, -0.2) is 4.98 Å². The summed E-state index contributed by atoms with van der Waals surface area (Å²) in [5.41, 5.74) is 3.10. The predicted octanol–water partition coefficient (Wildman–Crippen LogP) is 3.54. The molecule has 0 bridgehead atoms. The van der Waals surface area contributed by atoms with Crippen LogP contribution in [0.5, 0.6) is 0 Å². The van der Waals surface area contributed by atoms with Crippen LogP contribution in [0, 0.1) is 5.41 Å². The van der Waals surface area contributed by atoms with Crippen molar-refractivity contribution in [2.75, 3.05) is 25.0 Å². The first-order chi connectivity index (χ1) is 9.41. The van der Waals surface area contributed by atoms with Gasteiger partial charge in [0.1, 0.15) is 5.82 Å². The second-order valence-corrected chi connectivity index (χ2v) is 6.64. The first-order valence-corrected chi connectivity index (χ1v) is 7.49. The normalized spacial score (nSPS) is 17.9. The zero-order valence-corrected chi connectivity index (χ0v) is 13.4. The molecule has 1 atom stereocenters. The topological polar surface area (TPSA) is 28.2 Å². The van der Waals surface area contributed by atoms with Crippen LogP contribution >= 0.6 is 0 Å². The van der Waals surface area contributed by atoms with Crippen LogP contribution in [0.3, 0.4) is 0 Å². The lowest BCUT2D eigenvalue weighted by Crippen LogP contribution is -2.31. The highest BCUT2D eigenvalue weighted by Gasteiger charge is 2.21. The fourth-order valence-corrected chi connectivity index (χ4v) is 2.57. The van der Waals surface area contributed by atoms with E-state index in [2.05, 4.69) is 61.1 Å². The Labute approximate surface area is 123 Å². The Morgan fingerprint density at radius 3 is 2.50 bits per heavy atom. The number of hydrogen-bond donors (Lipinski definition) is 1. The number of rotatable bonds is 3. The Kier molecular flexibility index (Phi) is 4.48. The summed E-state index contributed by atoms with van der Waals surface area (Å²) in [7, 11) is 1.97.